The maximum atomic E-state index is 14.5. The van der Waals surface area contributed by atoms with E-state index in [1.54, 1.807) is 57.3 Å². The third kappa shape index (κ3) is 8.36. The Bertz CT molecular complexity index is 1770. The van der Waals surface area contributed by atoms with Crippen LogP contribution in [0.1, 0.15) is 34.6 Å². The minimum Gasteiger partial charge on any atom is -0.404 e. The van der Waals surface area contributed by atoms with E-state index in [1.807, 2.05) is 20.8 Å². The molecule has 1 aliphatic rings. The van der Waals surface area contributed by atoms with Gasteiger partial charge in [0.2, 0.25) is 5.91 Å². The van der Waals surface area contributed by atoms with E-state index in [9.17, 15) is 32.3 Å². The van der Waals surface area contributed by atoms with Gasteiger partial charge in [0.1, 0.15) is 12.1 Å². The van der Waals surface area contributed by atoms with Gasteiger partial charge in [-0.2, -0.15) is 13.2 Å². The number of H-pyrrole nitrogens is 1. The SMILES string of the molecule is CC(C)C(NC(=O)Cn1c(-c2ccccc2)cc2c(=O)n(CCN3CCOCC3)c(=O)[nH]c2c1=O)C(O[Si](C)(C)C(C)(C)C)C(F)(F)F. The predicted molar refractivity (Wildman–Crippen MR) is 181 cm³/mol. The highest BCUT2D eigenvalue weighted by molar-refractivity contribution is 6.74. The van der Waals surface area contributed by atoms with Crippen molar-refractivity contribution in [1.82, 2.24) is 24.3 Å². The second-order valence-electron chi connectivity index (χ2n) is 14.1. The summed E-state index contributed by atoms with van der Waals surface area (Å²) in [5.74, 6) is -1.54. The van der Waals surface area contributed by atoms with E-state index in [1.165, 1.54) is 6.07 Å². The molecule has 3 aromatic rings. The molecule has 15 heteroatoms. The first-order valence-electron chi connectivity index (χ1n) is 16.1. The number of carbonyl (C=O) groups excluding carboxylic acids is 1. The highest BCUT2D eigenvalue weighted by atomic mass is 28.4. The fourth-order valence-corrected chi connectivity index (χ4v) is 6.70. The molecule has 2 N–H and O–H groups in total. The Morgan fingerprint density at radius 3 is 2.19 bits per heavy atom. The van der Waals surface area contributed by atoms with Crippen molar-refractivity contribution in [2.75, 3.05) is 32.8 Å². The van der Waals surface area contributed by atoms with Gasteiger partial charge in [0.15, 0.2) is 14.4 Å². The van der Waals surface area contributed by atoms with E-state index in [-0.39, 0.29) is 23.1 Å². The molecule has 0 radical (unpaired) electrons. The number of carbonyl (C=O) groups is 1. The van der Waals surface area contributed by atoms with Crippen molar-refractivity contribution in [2.45, 2.75) is 84.2 Å². The zero-order valence-electron chi connectivity index (χ0n) is 28.6. The van der Waals surface area contributed by atoms with Gasteiger partial charge in [0.05, 0.1) is 30.3 Å². The maximum Gasteiger partial charge on any atom is 0.415 e. The van der Waals surface area contributed by atoms with Crippen LogP contribution in [0.3, 0.4) is 0 Å². The number of aromatic nitrogens is 3. The number of halogens is 3. The maximum absolute atomic E-state index is 14.5. The lowest BCUT2D eigenvalue weighted by molar-refractivity contribution is -0.210. The van der Waals surface area contributed by atoms with Crippen LogP contribution < -0.4 is 22.1 Å². The molecule has 264 valence electrons. The van der Waals surface area contributed by atoms with E-state index in [0.717, 1.165) is 9.13 Å². The summed E-state index contributed by atoms with van der Waals surface area (Å²) >= 11 is 0. The van der Waals surface area contributed by atoms with Crippen LogP contribution in [0, 0.1) is 5.92 Å². The fraction of sp³-hybridized carbons (Fsp3) is 0.576. The van der Waals surface area contributed by atoms with Gasteiger partial charge in [0.25, 0.3) is 11.1 Å². The van der Waals surface area contributed by atoms with Crippen molar-refractivity contribution >= 4 is 25.1 Å². The number of nitrogens with one attached hydrogen (secondary N) is 2. The van der Waals surface area contributed by atoms with E-state index in [0.29, 0.717) is 38.4 Å². The summed E-state index contributed by atoms with van der Waals surface area (Å²) in [6, 6.07) is 8.51. The molecular weight excluding hydrogens is 647 g/mol. The third-order valence-electron chi connectivity index (χ3n) is 9.29. The molecule has 0 aliphatic carbocycles. The number of hydrogen-bond acceptors (Lipinski definition) is 7. The summed E-state index contributed by atoms with van der Waals surface area (Å²) in [6.07, 6.45) is -7.06. The molecule has 0 saturated carbocycles. The Balaban J connectivity index is 1.74. The number of ether oxygens (including phenoxy) is 1. The van der Waals surface area contributed by atoms with Gasteiger partial charge in [-0.1, -0.05) is 65.0 Å². The van der Waals surface area contributed by atoms with Gasteiger partial charge in [-0.05, 0) is 35.7 Å². The van der Waals surface area contributed by atoms with Crippen LogP contribution >= 0.6 is 0 Å². The highest BCUT2D eigenvalue weighted by Gasteiger charge is 2.52. The minimum atomic E-state index is -4.78. The zero-order chi connectivity index (χ0) is 35.6. The summed E-state index contributed by atoms with van der Waals surface area (Å²) in [5.41, 5.74) is -1.89. The first-order valence-corrected chi connectivity index (χ1v) is 19.0. The van der Waals surface area contributed by atoms with E-state index >= 15 is 0 Å². The second kappa shape index (κ2) is 14.5. The largest absolute Gasteiger partial charge is 0.415 e. The molecule has 48 heavy (non-hydrogen) atoms. The molecule has 4 rings (SSSR count). The lowest BCUT2D eigenvalue weighted by Gasteiger charge is -2.42. The molecule has 0 spiro atoms. The lowest BCUT2D eigenvalue weighted by Crippen LogP contribution is -2.59. The number of nitrogens with zero attached hydrogens (tertiary/aromatic N) is 3. The first kappa shape index (κ1) is 37.3. The van der Waals surface area contributed by atoms with Gasteiger partial charge in [-0.25, -0.2) is 4.79 Å². The topological polar surface area (TPSA) is 128 Å². The van der Waals surface area contributed by atoms with Crippen LogP contribution in [0.2, 0.25) is 18.1 Å². The first-order chi connectivity index (χ1) is 22.3. The van der Waals surface area contributed by atoms with Gasteiger partial charge in [-0.3, -0.25) is 28.4 Å². The molecule has 1 saturated heterocycles. The molecule has 1 fully saturated rings. The Labute approximate surface area is 278 Å². The quantitative estimate of drug-likeness (QED) is 0.292. The fourth-order valence-electron chi connectivity index (χ4n) is 5.43. The van der Waals surface area contributed by atoms with Crippen LogP contribution in [0.5, 0.6) is 0 Å². The Kier molecular flexibility index (Phi) is 11.3. The monoisotopic (exact) mass is 693 g/mol. The standard InChI is InChI=1S/C33H46F3N5O6Si/c1-21(2)26(28(33(34,35)36)47-48(6,7)32(3,4)5)37-25(42)20-41-24(22-11-9-8-10-12-22)19-23-27(30(41)44)38-31(45)40(29(23)43)14-13-39-15-17-46-18-16-39/h8-12,19,21,26,28H,13-18,20H2,1-7H3,(H,37,42)(H,38,45). The lowest BCUT2D eigenvalue weighted by atomic mass is 9.98. The Hall–Kier alpha value is -3.53. The smallest absolute Gasteiger partial charge is 0.404 e. The van der Waals surface area contributed by atoms with Crippen molar-refractivity contribution < 1.29 is 27.1 Å². The van der Waals surface area contributed by atoms with Crippen LogP contribution in [-0.2, 0) is 27.0 Å². The van der Waals surface area contributed by atoms with Crippen molar-refractivity contribution in [3.05, 3.63) is 67.6 Å². The Morgan fingerprint density at radius 1 is 1.00 bits per heavy atom. The molecule has 1 amide bonds. The third-order valence-corrected chi connectivity index (χ3v) is 13.7. The number of rotatable bonds is 11. The number of fused-ring (bicyclic) bond motifs is 1. The number of amides is 1. The summed E-state index contributed by atoms with van der Waals surface area (Å²) in [7, 11) is -2.94. The molecule has 2 atom stereocenters. The van der Waals surface area contributed by atoms with Crippen LogP contribution in [0.25, 0.3) is 22.2 Å². The normalized spacial score (nSPS) is 16.3. The molecule has 1 aliphatic heterocycles. The molecule has 3 heterocycles. The Morgan fingerprint density at radius 2 is 1.62 bits per heavy atom. The van der Waals surface area contributed by atoms with E-state index in [4.69, 9.17) is 9.16 Å². The molecule has 1 aromatic carbocycles. The van der Waals surface area contributed by atoms with Crippen LogP contribution in [0.4, 0.5) is 13.2 Å². The average Bonchev–Trinajstić information content (AvgIpc) is 3.00. The highest BCUT2D eigenvalue weighted by Crippen LogP contribution is 2.41. The molecule has 0 bridgehead atoms. The van der Waals surface area contributed by atoms with Gasteiger partial charge in [0, 0.05) is 26.2 Å². The number of hydrogen-bond donors (Lipinski definition) is 2. The van der Waals surface area contributed by atoms with Gasteiger partial charge < -0.3 is 19.5 Å². The van der Waals surface area contributed by atoms with Crippen LogP contribution in [0.15, 0.2) is 50.8 Å². The summed E-state index contributed by atoms with van der Waals surface area (Å²) in [5, 5.41) is 1.94. The molecule has 2 unspecified atom stereocenters. The predicted octanol–water partition coefficient (Wildman–Crippen LogP) is 3.94. The van der Waals surface area contributed by atoms with Gasteiger partial charge >= 0.3 is 11.9 Å². The summed E-state index contributed by atoms with van der Waals surface area (Å²) in [6.45, 7) is 14.3. The number of aromatic amines is 1. The molecule has 11 nitrogen and oxygen atoms in total. The van der Waals surface area contributed by atoms with Gasteiger partial charge in [-0.15, -0.1) is 0 Å². The number of alkyl halides is 3. The number of morpholine rings is 1. The minimum absolute atomic E-state index is 0.0444. The van der Waals surface area contributed by atoms with E-state index < -0.39 is 66.9 Å². The van der Waals surface area contributed by atoms with Crippen molar-refractivity contribution in [3.8, 4) is 11.3 Å². The second-order valence-corrected chi connectivity index (χ2v) is 18.9. The van der Waals surface area contributed by atoms with E-state index in [2.05, 4.69) is 15.2 Å². The van der Waals surface area contributed by atoms with Crippen molar-refractivity contribution in [1.29, 1.82) is 0 Å². The summed E-state index contributed by atoms with van der Waals surface area (Å²) < 4.78 is 56.9. The summed E-state index contributed by atoms with van der Waals surface area (Å²) in [4.78, 5) is 58.8. The molecular formula is C33H46F3N5O6Si. The van der Waals surface area contributed by atoms with Crippen molar-refractivity contribution in [2.24, 2.45) is 5.92 Å². The van der Waals surface area contributed by atoms with Crippen molar-refractivity contribution in [3.63, 3.8) is 0 Å². The van der Waals surface area contributed by atoms with Crippen LogP contribution in [-0.4, -0.2) is 84.4 Å². The zero-order valence-corrected chi connectivity index (χ0v) is 29.6. The number of pyridine rings is 1. The average molecular weight is 694 g/mol. The molecule has 2 aromatic heterocycles. The number of benzene rings is 1.